The van der Waals surface area contributed by atoms with Gasteiger partial charge in [0.2, 0.25) is 0 Å². The van der Waals surface area contributed by atoms with E-state index in [4.69, 9.17) is 4.74 Å². The number of ether oxygens (including phenoxy) is 1. The maximum absolute atomic E-state index is 5.24. The highest BCUT2D eigenvalue weighted by Crippen LogP contribution is 2.34. The quantitative estimate of drug-likeness (QED) is 0.748. The van der Waals surface area contributed by atoms with Gasteiger partial charge in [-0.1, -0.05) is 0 Å². The van der Waals surface area contributed by atoms with Gasteiger partial charge in [-0.3, -0.25) is 0 Å². The van der Waals surface area contributed by atoms with Gasteiger partial charge in [0.15, 0.2) is 0 Å². The van der Waals surface area contributed by atoms with E-state index in [-0.39, 0.29) is 6.04 Å². The summed E-state index contributed by atoms with van der Waals surface area (Å²) < 4.78 is 7.41. The zero-order chi connectivity index (χ0) is 13.1. The van der Waals surface area contributed by atoms with Gasteiger partial charge in [-0.15, -0.1) is 11.3 Å². The number of methoxy groups -OCH3 is 1. The van der Waals surface area contributed by atoms with Crippen LogP contribution < -0.4 is 10.1 Å². The number of anilines is 1. The van der Waals surface area contributed by atoms with Gasteiger partial charge in [-0.25, -0.2) is 0 Å². The lowest BCUT2D eigenvalue weighted by Crippen LogP contribution is -2.06. The van der Waals surface area contributed by atoms with Gasteiger partial charge in [0.05, 0.1) is 18.8 Å². The SMILES string of the molecule is COc1ccc(Br)c(NC(C)c2sccc2Br)c1. The van der Waals surface area contributed by atoms with E-state index in [9.17, 15) is 0 Å². The Bertz CT molecular complexity index is 542. The maximum Gasteiger partial charge on any atom is 0.121 e. The number of benzene rings is 1. The van der Waals surface area contributed by atoms with Crippen molar-refractivity contribution in [2.24, 2.45) is 0 Å². The molecule has 0 saturated heterocycles. The molecule has 0 bridgehead atoms. The van der Waals surface area contributed by atoms with Crippen molar-refractivity contribution in [3.8, 4) is 5.75 Å². The lowest BCUT2D eigenvalue weighted by molar-refractivity contribution is 0.415. The summed E-state index contributed by atoms with van der Waals surface area (Å²) in [5.41, 5.74) is 1.03. The fourth-order valence-corrected chi connectivity index (χ4v) is 3.74. The summed E-state index contributed by atoms with van der Waals surface area (Å²) in [7, 11) is 1.67. The number of nitrogens with one attached hydrogen (secondary N) is 1. The average molecular weight is 391 g/mol. The molecule has 0 aliphatic carbocycles. The molecule has 0 amide bonds. The molecular formula is C13H13Br2NOS. The molecule has 2 nitrogen and oxygen atoms in total. The number of hydrogen-bond acceptors (Lipinski definition) is 3. The van der Waals surface area contributed by atoms with Crippen LogP contribution in [0.5, 0.6) is 5.75 Å². The van der Waals surface area contributed by atoms with Gasteiger partial charge in [0.25, 0.3) is 0 Å². The third-order valence-electron chi connectivity index (χ3n) is 2.58. The summed E-state index contributed by atoms with van der Waals surface area (Å²) in [6.07, 6.45) is 0. The minimum atomic E-state index is 0.239. The van der Waals surface area contributed by atoms with Crippen LogP contribution in [0.4, 0.5) is 5.69 Å². The van der Waals surface area contributed by atoms with Crippen LogP contribution in [0.15, 0.2) is 38.6 Å². The van der Waals surface area contributed by atoms with E-state index < -0.39 is 0 Å². The van der Waals surface area contributed by atoms with Crippen LogP contribution in [0.2, 0.25) is 0 Å². The molecule has 0 aliphatic rings. The molecule has 0 radical (unpaired) electrons. The molecule has 1 heterocycles. The fraction of sp³-hybridized carbons (Fsp3) is 0.231. The highest BCUT2D eigenvalue weighted by Gasteiger charge is 2.12. The fourth-order valence-electron chi connectivity index (χ4n) is 1.66. The molecule has 1 N–H and O–H groups in total. The average Bonchev–Trinajstić information content (AvgIpc) is 2.78. The van der Waals surface area contributed by atoms with Crippen LogP contribution in [0.3, 0.4) is 0 Å². The van der Waals surface area contributed by atoms with E-state index in [0.29, 0.717) is 0 Å². The van der Waals surface area contributed by atoms with E-state index in [1.165, 1.54) is 4.88 Å². The van der Waals surface area contributed by atoms with E-state index in [2.05, 4.69) is 55.5 Å². The molecule has 0 fully saturated rings. The molecule has 18 heavy (non-hydrogen) atoms. The van der Waals surface area contributed by atoms with E-state index >= 15 is 0 Å². The monoisotopic (exact) mass is 389 g/mol. The standard InChI is InChI=1S/C13H13Br2NOS/c1-8(13-11(15)5-6-18-13)16-12-7-9(17-2)3-4-10(12)14/h3-8,16H,1-2H3. The first-order valence-electron chi connectivity index (χ1n) is 5.44. The summed E-state index contributed by atoms with van der Waals surface area (Å²) in [6, 6.07) is 8.21. The third kappa shape index (κ3) is 3.08. The van der Waals surface area contributed by atoms with E-state index in [1.807, 2.05) is 18.2 Å². The summed E-state index contributed by atoms with van der Waals surface area (Å²) >= 11 is 8.84. The van der Waals surface area contributed by atoms with Gasteiger partial charge >= 0.3 is 0 Å². The number of rotatable bonds is 4. The zero-order valence-corrected chi connectivity index (χ0v) is 14.0. The Balaban J connectivity index is 2.21. The second kappa shape index (κ2) is 6.08. The molecule has 0 spiro atoms. The summed E-state index contributed by atoms with van der Waals surface area (Å²) in [4.78, 5) is 1.28. The smallest absolute Gasteiger partial charge is 0.121 e. The molecule has 5 heteroatoms. The molecule has 1 unspecified atom stereocenters. The van der Waals surface area contributed by atoms with Crippen molar-refractivity contribution in [1.29, 1.82) is 0 Å². The topological polar surface area (TPSA) is 21.3 Å². The second-order valence-electron chi connectivity index (χ2n) is 3.84. The maximum atomic E-state index is 5.24. The van der Waals surface area contributed by atoms with Crippen LogP contribution in [0.1, 0.15) is 17.8 Å². The Morgan fingerprint density at radius 2 is 2.00 bits per heavy atom. The van der Waals surface area contributed by atoms with Crippen molar-refractivity contribution in [3.05, 3.63) is 43.5 Å². The number of hydrogen-bond donors (Lipinski definition) is 1. The van der Waals surface area contributed by atoms with Crippen molar-refractivity contribution in [2.45, 2.75) is 13.0 Å². The highest BCUT2D eigenvalue weighted by atomic mass is 79.9. The van der Waals surface area contributed by atoms with Gasteiger partial charge in [0, 0.05) is 19.9 Å². The lowest BCUT2D eigenvalue weighted by atomic mass is 10.2. The highest BCUT2D eigenvalue weighted by molar-refractivity contribution is 9.11. The predicted molar refractivity (Wildman–Crippen MR) is 84.8 cm³/mol. The number of halogens is 2. The largest absolute Gasteiger partial charge is 0.497 e. The predicted octanol–water partition coefficient (Wildman–Crippen LogP) is 5.45. The first-order chi connectivity index (χ1) is 8.61. The van der Waals surface area contributed by atoms with Crippen LogP contribution in [-0.4, -0.2) is 7.11 Å². The molecule has 96 valence electrons. The van der Waals surface area contributed by atoms with Gasteiger partial charge in [-0.2, -0.15) is 0 Å². The van der Waals surface area contributed by atoms with Crippen molar-refractivity contribution in [3.63, 3.8) is 0 Å². The Hall–Kier alpha value is -0.520. The minimum Gasteiger partial charge on any atom is -0.497 e. The summed E-state index contributed by atoms with van der Waals surface area (Å²) in [5.74, 6) is 0.846. The Morgan fingerprint density at radius 1 is 1.22 bits per heavy atom. The number of thiophene rings is 1. The first-order valence-corrected chi connectivity index (χ1v) is 7.91. The molecule has 1 aromatic heterocycles. The van der Waals surface area contributed by atoms with Crippen molar-refractivity contribution in [2.75, 3.05) is 12.4 Å². The van der Waals surface area contributed by atoms with Gasteiger partial charge in [0.1, 0.15) is 5.75 Å². The van der Waals surface area contributed by atoms with Crippen LogP contribution in [0, 0.1) is 0 Å². The lowest BCUT2D eigenvalue weighted by Gasteiger charge is -2.16. The minimum absolute atomic E-state index is 0.239. The van der Waals surface area contributed by atoms with Gasteiger partial charge in [-0.05, 0) is 62.4 Å². The molecular weight excluding hydrogens is 378 g/mol. The van der Waals surface area contributed by atoms with Crippen LogP contribution in [-0.2, 0) is 0 Å². The first kappa shape index (κ1) is 13.9. The second-order valence-corrected chi connectivity index (χ2v) is 6.50. The van der Waals surface area contributed by atoms with Gasteiger partial charge < -0.3 is 10.1 Å². The van der Waals surface area contributed by atoms with Crippen molar-refractivity contribution >= 4 is 48.9 Å². The molecule has 1 aromatic carbocycles. The normalized spacial score (nSPS) is 12.2. The third-order valence-corrected chi connectivity index (χ3v) is 5.33. The van der Waals surface area contributed by atoms with Crippen LogP contribution >= 0.6 is 43.2 Å². The van der Waals surface area contributed by atoms with E-state index in [1.54, 1.807) is 18.4 Å². The molecule has 2 aromatic rings. The van der Waals surface area contributed by atoms with E-state index in [0.717, 1.165) is 20.4 Å². The zero-order valence-electron chi connectivity index (χ0n) is 10.0. The molecule has 1 atom stereocenters. The van der Waals surface area contributed by atoms with Crippen molar-refractivity contribution < 1.29 is 4.74 Å². The Morgan fingerprint density at radius 3 is 2.61 bits per heavy atom. The molecule has 0 saturated carbocycles. The molecule has 2 rings (SSSR count). The summed E-state index contributed by atoms with van der Waals surface area (Å²) in [5, 5.41) is 5.56. The Kier molecular flexibility index (Phi) is 4.70. The summed E-state index contributed by atoms with van der Waals surface area (Å²) in [6.45, 7) is 2.14. The van der Waals surface area contributed by atoms with Crippen molar-refractivity contribution in [1.82, 2.24) is 0 Å². The van der Waals surface area contributed by atoms with Crippen LogP contribution in [0.25, 0.3) is 0 Å². The molecule has 0 aliphatic heterocycles. The Labute approximate surface area is 128 Å².